The molecule has 0 unspecified atom stereocenters. The van der Waals surface area contributed by atoms with E-state index in [2.05, 4.69) is 10.3 Å². The van der Waals surface area contributed by atoms with Crippen molar-refractivity contribution in [2.75, 3.05) is 0 Å². The van der Waals surface area contributed by atoms with E-state index >= 15 is 0 Å². The molecular formula is C24H21Cl2N3O3S. The molecule has 0 fully saturated rings. The number of rotatable bonds is 7. The second kappa shape index (κ2) is 9.55. The highest BCUT2D eigenvalue weighted by Crippen LogP contribution is 2.34. The van der Waals surface area contributed by atoms with Crippen LogP contribution in [0.5, 0.6) is 5.75 Å². The number of thiophene rings is 1. The molecular weight excluding hydrogens is 481 g/mol. The van der Waals surface area contributed by atoms with Gasteiger partial charge in [0.15, 0.2) is 0 Å². The van der Waals surface area contributed by atoms with Gasteiger partial charge in [-0.1, -0.05) is 48.3 Å². The largest absolute Gasteiger partial charge is 0.487 e. The summed E-state index contributed by atoms with van der Waals surface area (Å²) >= 11 is 14.1. The number of hydrogen-bond donors (Lipinski definition) is 1. The molecule has 4 rings (SSSR count). The maximum atomic E-state index is 11.2. The lowest BCUT2D eigenvalue weighted by atomic mass is 10.1. The summed E-state index contributed by atoms with van der Waals surface area (Å²) in [4.78, 5) is 12.4. The zero-order valence-corrected chi connectivity index (χ0v) is 20.5. The molecule has 0 spiro atoms. The number of carboxylic acid groups (broad SMARTS) is 1. The van der Waals surface area contributed by atoms with E-state index < -0.39 is 5.97 Å². The monoisotopic (exact) mass is 501 g/mol. The first-order valence-electron chi connectivity index (χ1n) is 10.2. The number of carbonyl (C=O) groups is 1. The van der Waals surface area contributed by atoms with Crippen LogP contribution in [-0.4, -0.2) is 26.1 Å². The van der Waals surface area contributed by atoms with Crippen LogP contribution < -0.4 is 4.74 Å². The summed E-state index contributed by atoms with van der Waals surface area (Å²) in [6, 6.07) is 14.5. The fourth-order valence-electron chi connectivity index (χ4n) is 3.52. The molecule has 1 N–H and O–H groups in total. The third-order valence-corrected chi connectivity index (χ3v) is 6.86. The highest BCUT2D eigenvalue weighted by Gasteiger charge is 2.21. The maximum Gasteiger partial charge on any atom is 0.345 e. The zero-order valence-electron chi connectivity index (χ0n) is 18.2. The summed E-state index contributed by atoms with van der Waals surface area (Å²) in [6.07, 6.45) is 0. The number of ether oxygens (including phenoxy) is 1. The first-order chi connectivity index (χ1) is 15.8. The fourth-order valence-corrected chi connectivity index (χ4v) is 5.01. The number of halogens is 2. The molecule has 0 atom stereocenters. The lowest BCUT2D eigenvalue weighted by Crippen LogP contribution is -2.09. The van der Waals surface area contributed by atoms with Crippen molar-refractivity contribution >= 4 is 40.5 Å². The highest BCUT2D eigenvalue weighted by atomic mass is 35.5. The van der Waals surface area contributed by atoms with Gasteiger partial charge in [-0.05, 0) is 66.4 Å². The molecule has 2 aromatic carbocycles. The summed E-state index contributed by atoms with van der Waals surface area (Å²) in [5, 5.41) is 18.8. The van der Waals surface area contributed by atoms with Gasteiger partial charge in [0.2, 0.25) is 0 Å². The molecule has 0 saturated heterocycles. The first kappa shape index (κ1) is 23.3. The molecule has 0 aliphatic rings. The van der Waals surface area contributed by atoms with Crippen molar-refractivity contribution in [3.05, 3.63) is 80.4 Å². The number of hydrogen-bond acceptors (Lipinski definition) is 5. The van der Waals surface area contributed by atoms with Crippen molar-refractivity contribution in [3.63, 3.8) is 0 Å². The lowest BCUT2D eigenvalue weighted by Gasteiger charge is -2.14. The molecule has 9 heteroatoms. The Balaban J connectivity index is 1.62. The number of para-hydroxylation sites is 1. The smallest absolute Gasteiger partial charge is 0.345 e. The van der Waals surface area contributed by atoms with Crippen molar-refractivity contribution < 1.29 is 14.6 Å². The van der Waals surface area contributed by atoms with E-state index in [0.29, 0.717) is 26.4 Å². The van der Waals surface area contributed by atoms with Crippen LogP contribution in [0.3, 0.4) is 0 Å². The van der Waals surface area contributed by atoms with Gasteiger partial charge in [0.1, 0.15) is 28.6 Å². The normalized spacial score (nSPS) is 11.2. The Hall–Kier alpha value is -2.87. The molecule has 0 bridgehead atoms. The van der Waals surface area contributed by atoms with Crippen LogP contribution in [0.25, 0.3) is 16.1 Å². The molecule has 2 aromatic heterocycles. The predicted octanol–water partition coefficient (Wildman–Crippen LogP) is 7.01. The van der Waals surface area contributed by atoms with Gasteiger partial charge in [-0.25, -0.2) is 9.48 Å². The molecule has 2 heterocycles. The lowest BCUT2D eigenvalue weighted by molar-refractivity contribution is 0.0702. The van der Waals surface area contributed by atoms with E-state index in [9.17, 15) is 9.90 Å². The van der Waals surface area contributed by atoms with Crippen molar-refractivity contribution in [2.24, 2.45) is 0 Å². The van der Waals surface area contributed by atoms with Gasteiger partial charge in [0.05, 0.1) is 15.7 Å². The van der Waals surface area contributed by atoms with Gasteiger partial charge in [0.25, 0.3) is 0 Å². The van der Waals surface area contributed by atoms with E-state index in [0.717, 1.165) is 27.4 Å². The number of nitrogens with zero attached hydrogens (tertiary/aromatic N) is 3. The van der Waals surface area contributed by atoms with E-state index in [-0.39, 0.29) is 12.5 Å². The third-order valence-electron chi connectivity index (χ3n) is 5.15. The molecule has 0 saturated carbocycles. The fraction of sp³-hybridized carbons (Fsp3) is 0.208. The molecule has 0 aliphatic heterocycles. The Morgan fingerprint density at radius 2 is 1.88 bits per heavy atom. The molecule has 0 radical (unpaired) electrons. The molecule has 6 nitrogen and oxygen atoms in total. The molecule has 0 amide bonds. The average Bonchev–Trinajstić information content (AvgIpc) is 3.40. The average molecular weight is 502 g/mol. The second-order valence-corrected chi connectivity index (χ2v) is 9.69. The summed E-state index contributed by atoms with van der Waals surface area (Å²) in [7, 11) is 0. The Morgan fingerprint density at radius 1 is 1.15 bits per heavy atom. The van der Waals surface area contributed by atoms with Crippen LogP contribution in [0.4, 0.5) is 0 Å². The van der Waals surface area contributed by atoms with Gasteiger partial charge in [-0.15, -0.1) is 16.4 Å². The number of aromatic carboxylic acids is 1. The van der Waals surface area contributed by atoms with Gasteiger partial charge in [0, 0.05) is 4.88 Å². The standard InChI is InChI=1S/C24H21Cl2N3O3S/c1-13(2)22-19(29(28-27-22)23-17(25)5-4-6-18(23)26)12-32-15-7-8-16(14(3)11-15)20-9-10-21(33-20)24(30)31/h4-11,13H,12H2,1-3H3,(H,30,31). The minimum atomic E-state index is -0.923. The Labute approximate surface area is 205 Å². The van der Waals surface area contributed by atoms with Crippen LogP contribution in [-0.2, 0) is 6.61 Å². The van der Waals surface area contributed by atoms with Crippen molar-refractivity contribution in [1.29, 1.82) is 0 Å². The second-order valence-electron chi connectivity index (χ2n) is 7.79. The summed E-state index contributed by atoms with van der Waals surface area (Å²) in [5.41, 5.74) is 4.09. The quantitative estimate of drug-likeness (QED) is 0.294. The van der Waals surface area contributed by atoms with Crippen molar-refractivity contribution in [3.8, 4) is 21.9 Å². The van der Waals surface area contributed by atoms with E-state index in [4.69, 9.17) is 27.9 Å². The zero-order chi connectivity index (χ0) is 23.7. The maximum absolute atomic E-state index is 11.2. The van der Waals surface area contributed by atoms with E-state index in [1.54, 1.807) is 28.9 Å². The minimum absolute atomic E-state index is 0.130. The molecule has 170 valence electrons. The first-order valence-corrected chi connectivity index (χ1v) is 11.8. The van der Waals surface area contributed by atoms with Crippen molar-refractivity contribution in [2.45, 2.75) is 33.3 Å². The van der Waals surface area contributed by atoms with Crippen LogP contribution >= 0.6 is 34.5 Å². The van der Waals surface area contributed by atoms with Crippen LogP contribution in [0.15, 0.2) is 48.5 Å². The summed E-state index contributed by atoms with van der Waals surface area (Å²) in [5.74, 6) is -0.113. The van der Waals surface area contributed by atoms with E-state index in [1.165, 1.54) is 11.3 Å². The highest BCUT2D eigenvalue weighted by molar-refractivity contribution is 7.17. The SMILES string of the molecule is Cc1cc(OCc2c(C(C)C)nnn2-c2c(Cl)cccc2Cl)ccc1-c1ccc(C(=O)O)s1. The van der Waals surface area contributed by atoms with Gasteiger partial charge in [-0.3, -0.25) is 0 Å². The third kappa shape index (κ3) is 4.76. The van der Waals surface area contributed by atoms with E-state index in [1.807, 2.05) is 45.0 Å². The van der Waals surface area contributed by atoms with Gasteiger partial charge >= 0.3 is 5.97 Å². The number of benzene rings is 2. The number of aryl methyl sites for hydroxylation is 1. The van der Waals surface area contributed by atoms with Crippen LogP contribution in [0.2, 0.25) is 10.0 Å². The number of carboxylic acids is 1. The summed E-state index contributed by atoms with van der Waals surface area (Å²) < 4.78 is 7.76. The topological polar surface area (TPSA) is 77.2 Å². The Morgan fingerprint density at radius 3 is 2.48 bits per heavy atom. The number of aromatic nitrogens is 3. The molecule has 0 aliphatic carbocycles. The van der Waals surface area contributed by atoms with Crippen LogP contribution in [0.1, 0.15) is 46.4 Å². The Kier molecular flexibility index (Phi) is 6.74. The Bertz CT molecular complexity index is 1310. The van der Waals surface area contributed by atoms with Crippen LogP contribution in [0, 0.1) is 6.92 Å². The molecule has 4 aromatic rings. The molecule has 33 heavy (non-hydrogen) atoms. The predicted molar refractivity (Wildman–Crippen MR) is 131 cm³/mol. The van der Waals surface area contributed by atoms with Gasteiger partial charge in [-0.2, -0.15) is 0 Å². The summed E-state index contributed by atoms with van der Waals surface area (Å²) in [6.45, 7) is 6.27. The minimum Gasteiger partial charge on any atom is -0.487 e. The van der Waals surface area contributed by atoms with Gasteiger partial charge < -0.3 is 9.84 Å². The van der Waals surface area contributed by atoms with Crippen molar-refractivity contribution in [1.82, 2.24) is 15.0 Å².